The van der Waals surface area contributed by atoms with Crippen LogP contribution in [0.4, 0.5) is 5.95 Å². The zero-order chi connectivity index (χ0) is 19.8. The van der Waals surface area contributed by atoms with Gasteiger partial charge in [0, 0.05) is 50.6 Å². The molecule has 2 aliphatic rings. The Labute approximate surface area is 160 Å². The largest absolute Gasteiger partial charge is 0.498 e. The van der Waals surface area contributed by atoms with Gasteiger partial charge in [-0.05, 0) is 27.7 Å². The van der Waals surface area contributed by atoms with Gasteiger partial charge in [0.25, 0.3) is 0 Å². The summed E-state index contributed by atoms with van der Waals surface area (Å²) in [4.78, 5) is 24.2. The lowest BCUT2D eigenvalue weighted by Crippen LogP contribution is -2.57. The Bertz CT molecular complexity index is 668. The fourth-order valence-electron chi connectivity index (χ4n) is 3.27. The van der Waals surface area contributed by atoms with Crippen molar-refractivity contribution in [2.45, 2.75) is 44.9 Å². The average molecular weight is 377 g/mol. The number of aromatic nitrogens is 2. The van der Waals surface area contributed by atoms with Gasteiger partial charge in [0.15, 0.2) is 0 Å². The molecule has 0 bridgehead atoms. The molecule has 2 fully saturated rings. The van der Waals surface area contributed by atoms with Crippen LogP contribution in [-0.2, 0) is 14.1 Å². The predicted octanol–water partition coefficient (Wildman–Crippen LogP) is -0.690. The third-order valence-electron chi connectivity index (χ3n) is 5.66. The van der Waals surface area contributed by atoms with Crippen LogP contribution in [0.5, 0.6) is 0 Å². The Morgan fingerprint density at radius 2 is 1.85 bits per heavy atom. The zero-order valence-electron chi connectivity index (χ0n) is 16.4. The highest BCUT2D eigenvalue weighted by Crippen LogP contribution is 2.36. The lowest BCUT2D eigenvalue weighted by molar-refractivity contribution is -0.143. The lowest BCUT2D eigenvalue weighted by atomic mass is 9.81. The molecule has 1 aromatic heterocycles. The molecule has 0 saturated carbocycles. The number of carboxylic acids is 1. The monoisotopic (exact) mass is 377 g/mol. The normalized spacial score (nSPS) is 25.0. The van der Waals surface area contributed by atoms with Crippen LogP contribution in [0.3, 0.4) is 0 Å². The molecule has 2 aliphatic heterocycles. The SMILES string of the molecule is CC1(C)OB(c2cnc(N3CCN(CCN)C(C(=O)O)C3)nc2)OC1(C)C. The van der Waals surface area contributed by atoms with Gasteiger partial charge in [-0.2, -0.15) is 0 Å². The summed E-state index contributed by atoms with van der Waals surface area (Å²) in [5, 5.41) is 9.50. The Morgan fingerprint density at radius 3 is 2.37 bits per heavy atom. The third kappa shape index (κ3) is 3.93. The molecule has 1 unspecified atom stereocenters. The number of anilines is 1. The summed E-state index contributed by atoms with van der Waals surface area (Å²) in [5.41, 5.74) is 5.48. The van der Waals surface area contributed by atoms with Gasteiger partial charge < -0.3 is 25.0 Å². The van der Waals surface area contributed by atoms with E-state index in [-0.39, 0.29) is 0 Å². The second kappa shape index (κ2) is 7.35. The maximum absolute atomic E-state index is 11.6. The van der Waals surface area contributed by atoms with Crippen LogP contribution in [0.25, 0.3) is 0 Å². The van der Waals surface area contributed by atoms with Crippen molar-refractivity contribution in [3.63, 3.8) is 0 Å². The minimum Gasteiger partial charge on any atom is -0.480 e. The van der Waals surface area contributed by atoms with E-state index in [4.69, 9.17) is 15.0 Å². The van der Waals surface area contributed by atoms with E-state index in [1.807, 2.05) is 37.5 Å². The van der Waals surface area contributed by atoms with E-state index in [0.29, 0.717) is 38.7 Å². The first-order valence-electron chi connectivity index (χ1n) is 9.24. The maximum Gasteiger partial charge on any atom is 0.498 e. The van der Waals surface area contributed by atoms with E-state index in [0.717, 1.165) is 5.46 Å². The molecule has 1 atom stereocenters. The van der Waals surface area contributed by atoms with Crippen molar-refractivity contribution in [3.8, 4) is 0 Å². The predicted molar refractivity (Wildman–Crippen MR) is 102 cm³/mol. The van der Waals surface area contributed by atoms with Crippen molar-refractivity contribution in [1.82, 2.24) is 14.9 Å². The molecule has 27 heavy (non-hydrogen) atoms. The van der Waals surface area contributed by atoms with Crippen LogP contribution in [0, 0.1) is 0 Å². The van der Waals surface area contributed by atoms with Gasteiger partial charge >= 0.3 is 13.1 Å². The number of nitrogens with two attached hydrogens (primary N) is 1. The van der Waals surface area contributed by atoms with Crippen LogP contribution in [0.2, 0.25) is 0 Å². The summed E-state index contributed by atoms with van der Waals surface area (Å²) < 4.78 is 12.0. The summed E-state index contributed by atoms with van der Waals surface area (Å²) in [7, 11) is -0.516. The van der Waals surface area contributed by atoms with Gasteiger partial charge in [-0.1, -0.05) is 0 Å². The highest BCUT2D eigenvalue weighted by atomic mass is 16.7. The second-order valence-corrected chi connectivity index (χ2v) is 8.03. The minimum atomic E-state index is -0.859. The van der Waals surface area contributed by atoms with E-state index >= 15 is 0 Å². The summed E-state index contributed by atoms with van der Waals surface area (Å²) in [6.45, 7) is 10.6. The molecule has 3 heterocycles. The van der Waals surface area contributed by atoms with Crippen LogP contribution in [0.1, 0.15) is 27.7 Å². The molecule has 0 spiro atoms. The van der Waals surface area contributed by atoms with Crippen molar-refractivity contribution >= 4 is 24.5 Å². The van der Waals surface area contributed by atoms with Crippen LogP contribution in [0.15, 0.2) is 12.4 Å². The average Bonchev–Trinajstić information content (AvgIpc) is 2.83. The maximum atomic E-state index is 11.6. The summed E-state index contributed by atoms with van der Waals surface area (Å²) >= 11 is 0. The van der Waals surface area contributed by atoms with Crippen molar-refractivity contribution in [1.29, 1.82) is 0 Å². The van der Waals surface area contributed by atoms with Crippen molar-refractivity contribution in [2.24, 2.45) is 5.73 Å². The second-order valence-electron chi connectivity index (χ2n) is 8.03. The standard InChI is InChI=1S/C17H28BN5O4/c1-16(2)17(3,4)27-18(26-16)12-9-20-15(21-10-12)23-8-7-22(6-5-19)13(11-23)14(24)25/h9-10,13H,5-8,11,19H2,1-4H3,(H,24,25). The number of carbonyl (C=O) groups is 1. The van der Waals surface area contributed by atoms with Gasteiger partial charge in [-0.3, -0.25) is 9.69 Å². The number of carboxylic acid groups (broad SMARTS) is 1. The molecule has 3 rings (SSSR count). The van der Waals surface area contributed by atoms with E-state index in [2.05, 4.69) is 9.97 Å². The molecule has 0 aliphatic carbocycles. The molecule has 2 saturated heterocycles. The number of aliphatic carboxylic acids is 1. The highest BCUT2D eigenvalue weighted by Gasteiger charge is 2.52. The fraction of sp³-hybridized carbons (Fsp3) is 0.706. The topological polar surface area (TPSA) is 114 Å². The Morgan fingerprint density at radius 1 is 1.26 bits per heavy atom. The summed E-state index contributed by atoms with van der Waals surface area (Å²) in [6.07, 6.45) is 3.37. The van der Waals surface area contributed by atoms with E-state index in [1.54, 1.807) is 12.4 Å². The molecular weight excluding hydrogens is 349 g/mol. The third-order valence-corrected chi connectivity index (χ3v) is 5.66. The molecule has 10 heteroatoms. The summed E-state index contributed by atoms with van der Waals surface area (Å²) in [5.74, 6) is -0.351. The quantitative estimate of drug-likeness (QED) is 0.644. The highest BCUT2D eigenvalue weighted by molar-refractivity contribution is 6.61. The van der Waals surface area contributed by atoms with Crippen molar-refractivity contribution in [2.75, 3.05) is 37.6 Å². The molecule has 0 aromatic carbocycles. The van der Waals surface area contributed by atoms with Gasteiger partial charge in [-0.15, -0.1) is 0 Å². The van der Waals surface area contributed by atoms with Crippen molar-refractivity contribution < 1.29 is 19.2 Å². The number of hydrogen-bond acceptors (Lipinski definition) is 8. The Balaban J connectivity index is 1.70. The Hall–Kier alpha value is -1.75. The lowest BCUT2D eigenvalue weighted by Gasteiger charge is -2.39. The van der Waals surface area contributed by atoms with Gasteiger partial charge in [0.2, 0.25) is 5.95 Å². The molecule has 9 nitrogen and oxygen atoms in total. The molecule has 1 aromatic rings. The van der Waals surface area contributed by atoms with Crippen LogP contribution >= 0.6 is 0 Å². The first kappa shape index (κ1) is 20.0. The minimum absolute atomic E-state index is 0.325. The number of hydrogen-bond donors (Lipinski definition) is 2. The number of nitrogens with zero attached hydrogens (tertiary/aromatic N) is 4. The van der Waals surface area contributed by atoms with Crippen molar-refractivity contribution in [3.05, 3.63) is 12.4 Å². The van der Waals surface area contributed by atoms with E-state index in [9.17, 15) is 9.90 Å². The van der Waals surface area contributed by atoms with Gasteiger partial charge in [-0.25, -0.2) is 9.97 Å². The number of rotatable bonds is 5. The molecule has 148 valence electrons. The fourth-order valence-corrected chi connectivity index (χ4v) is 3.27. The smallest absolute Gasteiger partial charge is 0.480 e. The molecule has 0 amide bonds. The van der Waals surface area contributed by atoms with Gasteiger partial charge in [0.05, 0.1) is 11.2 Å². The molecule has 0 radical (unpaired) electrons. The molecular formula is C17H28BN5O4. The molecule has 3 N–H and O–H groups in total. The van der Waals surface area contributed by atoms with Crippen LogP contribution < -0.4 is 16.1 Å². The Kier molecular flexibility index (Phi) is 5.44. The first-order chi connectivity index (χ1) is 12.6. The van der Waals surface area contributed by atoms with Gasteiger partial charge in [0.1, 0.15) is 6.04 Å². The number of piperazine rings is 1. The van der Waals surface area contributed by atoms with E-state index < -0.39 is 30.3 Å². The summed E-state index contributed by atoms with van der Waals surface area (Å²) in [6, 6.07) is -0.617. The first-order valence-corrected chi connectivity index (χ1v) is 9.24. The van der Waals surface area contributed by atoms with Crippen LogP contribution in [-0.4, -0.2) is 83.0 Å². The zero-order valence-corrected chi connectivity index (χ0v) is 16.4. The van der Waals surface area contributed by atoms with E-state index in [1.165, 1.54) is 0 Å².